The van der Waals surface area contributed by atoms with Gasteiger partial charge < -0.3 is 15.5 Å². The summed E-state index contributed by atoms with van der Waals surface area (Å²) in [7, 11) is 2.12. The molecule has 2 aliphatic rings. The van der Waals surface area contributed by atoms with Gasteiger partial charge in [-0.05, 0) is 45.3 Å². The quantitative estimate of drug-likeness (QED) is 0.705. The number of nitrogens with one attached hydrogen (secondary N) is 2. The van der Waals surface area contributed by atoms with Crippen LogP contribution in [0.25, 0.3) is 0 Å². The minimum Gasteiger partial charge on any atom is -0.351 e. The zero-order valence-electron chi connectivity index (χ0n) is 10.3. The zero-order chi connectivity index (χ0) is 11.5. The summed E-state index contributed by atoms with van der Waals surface area (Å²) in [5.74, 6) is 0.673. The molecule has 0 spiro atoms. The van der Waals surface area contributed by atoms with Crippen LogP contribution in [0.3, 0.4) is 0 Å². The average molecular weight is 225 g/mol. The molecule has 2 aliphatic heterocycles. The van der Waals surface area contributed by atoms with Gasteiger partial charge in [0.2, 0.25) is 5.91 Å². The van der Waals surface area contributed by atoms with Crippen molar-refractivity contribution in [3.63, 3.8) is 0 Å². The molecule has 4 heteroatoms. The number of hydrogen-bond acceptors (Lipinski definition) is 3. The molecule has 0 aromatic carbocycles. The molecule has 2 heterocycles. The molecule has 3 atom stereocenters. The lowest BCUT2D eigenvalue weighted by Crippen LogP contribution is -2.52. The number of hydrogen-bond donors (Lipinski definition) is 2. The highest BCUT2D eigenvalue weighted by Gasteiger charge is 2.30. The second kappa shape index (κ2) is 5.15. The summed E-state index contributed by atoms with van der Waals surface area (Å²) in [5, 5.41) is 6.46. The maximum absolute atomic E-state index is 12.0. The van der Waals surface area contributed by atoms with Crippen LogP contribution in [0.15, 0.2) is 0 Å². The van der Waals surface area contributed by atoms with Gasteiger partial charge in [-0.1, -0.05) is 6.92 Å². The molecule has 3 unspecified atom stereocenters. The fourth-order valence-electron chi connectivity index (χ4n) is 2.76. The molecule has 0 aliphatic carbocycles. The molecule has 0 aromatic rings. The van der Waals surface area contributed by atoms with Gasteiger partial charge in [-0.15, -0.1) is 0 Å². The van der Waals surface area contributed by atoms with E-state index in [1.165, 1.54) is 6.42 Å². The predicted molar refractivity (Wildman–Crippen MR) is 64.2 cm³/mol. The van der Waals surface area contributed by atoms with Gasteiger partial charge in [0.25, 0.3) is 0 Å². The molecule has 0 saturated carbocycles. The van der Waals surface area contributed by atoms with Gasteiger partial charge in [0.15, 0.2) is 0 Å². The molecule has 0 bridgehead atoms. The molecule has 2 saturated heterocycles. The highest BCUT2D eigenvalue weighted by molar-refractivity contribution is 5.82. The fraction of sp³-hybridized carbons (Fsp3) is 0.917. The summed E-state index contributed by atoms with van der Waals surface area (Å²) in [5.41, 5.74) is 0. The first-order valence-corrected chi connectivity index (χ1v) is 6.39. The molecule has 92 valence electrons. The summed E-state index contributed by atoms with van der Waals surface area (Å²) in [4.78, 5) is 14.3. The lowest BCUT2D eigenvalue weighted by Gasteiger charge is -2.31. The van der Waals surface area contributed by atoms with Gasteiger partial charge in [-0.3, -0.25) is 4.79 Å². The molecule has 4 nitrogen and oxygen atoms in total. The summed E-state index contributed by atoms with van der Waals surface area (Å²) in [6.07, 6.45) is 3.43. The van der Waals surface area contributed by atoms with Crippen LogP contribution < -0.4 is 10.6 Å². The standard InChI is InChI=1S/C12H23N3O/c1-9-5-6-13-11(9)12(16)14-10-4-3-7-15(2)8-10/h9-11,13H,3-8H2,1-2H3,(H,14,16). The Morgan fingerprint density at radius 3 is 2.88 bits per heavy atom. The summed E-state index contributed by atoms with van der Waals surface area (Å²) in [6.45, 7) is 5.28. The minimum atomic E-state index is 0.0345. The first-order valence-electron chi connectivity index (χ1n) is 6.39. The van der Waals surface area contributed by atoms with Gasteiger partial charge in [0.05, 0.1) is 6.04 Å². The maximum atomic E-state index is 12.0. The van der Waals surface area contributed by atoms with Crippen molar-refractivity contribution < 1.29 is 4.79 Å². The van der Waals surface area contributed by atoms with E-state index in [0.717, 1.165) is 32.5 Å². The van der Waals surface area contributed by atoms with Crippen molar-refractivity contribution in [2.24, 2.45) is 5.92 Å². The van der Waals surface area contributed by atoms with Gasteiger partial charge in [-0.25, -0.2) is 0 Å². The third-order valence-electron chi connectivity index (χ3n) is 3.79. The number of likely N-dealkylation sites (tertiary alicyclic amines) is 1. The van der Waals surface area contributed by atoms with Crippen LogP contribution in [-0.4, -0.2) is 49.6 Å². The summed E-state index contributed by atoms with van der Waals surface area (Å²) < 4.78 is 0. The second-order valence-corrected chi connectivity index (χ2v) is 5.31. The molecule has 16 heavy (non-hydrogen) atoms. The number of piperidine rings is 1. The van der Waals surface area contributed by atoms with E-state index >= 15 is 0 Å². The van der Waals surface area contributed by atoms with E-state index < -0.39 is 0 Å². The van der Waals surface area contributed by atoms with Crippen molar-refractivity contribution in [3.05, 3.63) is 0 Å². The van der Waals surface area contributed by atoms with Crippen molar-refractivity contribution in [1.82, 2.24) is 15.5 Å². The Bertz CT molecular complexity index is 257. The zero-order valence-corrected chi connectivity index (χ0v) is 10.3. The Morgan fingerprint density at radius 1 is 1.44 bits per heavy atom. The number of carbonyl (C=O) groups excluding carboxylic acids is 1. The lowest BCUT2D eigenvalue weighted by molar-refractivity contribution is -0.124. The molecule has 1 amide bonds. The smallest absolute Gasteiger partial charge is 0.237 e. The Hall–Kier alpha value is -0.610. The van der Waals surface area contributed by atoms with Crippen molar-refractivity contribution in [2.75, 3.05) is 26.7 Å². The van der Waals surface area contributed by atoms with E-state index in [4.69, 9.17) is 0 Å². The number of rotatable bonds is 2. The van der Waals surface area contributed by atoms with Crippen LogP contribution in [0, 0.1) is 5.92 Å². The molecule has 0 radical (unpaired) electrons. The largest absolute Gasteiger partial charge is 0.351 e. The number of amides is 1. The second-order valence-electron chi connectivity index (χ2n) is 5.31. The van der Waals surface area contributed by atoms with Crippen LogP contribution in [0.2, 0.25) is 0 Å². The highest BCUT2D eigenvalue weighted by atomic mass is 16.2. The minimum absolute atomic E-state index is 0.0345. The van der Waals surface area contributed by atoms with E-state index in [2.05, 4.69) is 29.5 Å². The van der Waals surface area contributed by atoms with Gasteiger partial charge >= 0.3 is 0 Å². The third kappa shape index (κ3) is 2.74. The summed E-state index contributed by atoms with van der Waals surface area (Å²) in [6, 6.07) is 0.382. The molecular weight excluding hydrogens is 202 g/mol. The van der Waals surface area contributed by atoms with Gasteiger partial charge in [-0.2, -0.15) is 0 Å². The van der Waals surface area contributed by atoms with E-state index in [-0.39, 0.29) is 11.9 Å². The van der Waals surface area contributed by atoms with Gasteiger partial charge in [0, 0.05) is 12.6 Å². The Labute approximate surface area is 97.8 Å². The van der Waals surface area contributed by atoms with Crippen LogP contribution >= 0.6 is 0 Å². The van der Waals surface area contributed by atoms with E-state index in [0.29, 0.717) is 12.0 Å². The van der Waals surface area contributed by atoms with Crippen molar-refractivity contribution in [1.29, 1.82) is 0 Å². The van der Waals surface area contributed by atoms with Crippen LogP contribution in [0.4, 0.5) is 0 Å². The molecule has 2 N–H and O–H groups in total. The highest BCUT2D eigenvalue weighted by Crippen LogP contribution is 2.15. The van der Waals surface area contributed by atoms with E-state index in [9.17, 15) is 4.79 Å². The Morgan fingerprint density at radius 2 is 2.25 bits per heavy atom. The van der Waals surface area contributed by atoms with Crippen LogP contribution in [-0.2, 0) is 4.79 Å². The van der Waals surface area contributed by atoms with Crippen molar-refractivity contribution in [3.8, 4) is 0 Å². The van der Waals surface area contributed by atoms with Gasteiger partial charge in [0.1, 0.15) is 0 Å². The topological polar surface area (TPSA) is 44.4 Å². The van der Waals surface area contributed by atoms with E-state index in [1.807, 2.05) is 0 Å². The molecule has 0 aromatic heterocycles. The number of carbonyl (C=O) groups is 1. The monoisotopic (exact) mass is 225 g/mol. The van der Waals surface area contributed by atoms with E-state index in [1.54, 1.807) is 0 Å². The predicted octanol–water partition coefficient (Wildman–Crippen LogP) is 0.195. The normalized spacial score (nSPS) is 36.2. The Balaban J connectivity index is 1.82. The summed E-state index contributed by atoms with van der Waals surface area (Å²) >= 11 is 0. The average Bonchev–Trinajstić information content (AvgIpc) is 2.64. The molecule has 2 rings (SSSR count). The van der Waals surface area contributed by atoms with Crippen LogP contribution in [0.1, 0.15) is 26.2 Å². The van der Waals surface area contributed by atoms with Crippen molar-refractivity contribution >= 4 is 5.91 Å². The van der Waals surface area contributed by atoms with Crippen LogP contribution in [0.5, 0.6) is 0 Å². The number of nitrogens with zero attached hydrogens (tertiary/aromatic N) is 1. The number of likely N-dealkylation sites (N-methyl/N-ethyl adjacent to an activating group) is 1. The lowest BCUT2D eigenvalue weighted by atomic mass is 10.0. The van der Waals surface area contributed by atoms with Crippen molar-refractivity contribution in [2.45, 2.75) is 38.3 Å². The molecule has 2 fully saturated rings. The SMILES string of the molecule is CC1CCNC1C(=O)NC1CCCN(C)C1. The maximum Gasteiger partial charge on any atom is 0.237 e. The third-order valence-corrected chi connectivity index (χ3v) is 3.79. The first kappa shape index (κ1) is 11.9. The first-order chi connectivity index (χ1) is 7.66. The fourth-order valence-corrected chi connectivity index (χ4v) is 2.76. The Kier molecular flexibility index (Phi) is 3.82. The molecular formula is C12H23N3O.